The quantitative estimate of drug-likeness (QED) is 0.818. The second-order valence-electron chi connectivity index (χ2n) is 6.69. The Morgan fingerprint density at radius 2 is 1.89 bits per heavy atom. The first kappa shape index (κ1) is 19.5. The minimum Gasteiger partial charge on any atom is -0.483 e. The highest BCUT2D eigenvalue weighted by atomic mass is 35.5. The lowest BCUT2D eigenvalue weighted by atomic mass is 10.2. The lowest BCUT2D eigenvalue weighted by Gasteiger charge is -2.36. The summed E-state index contributed by atoms with van der Waals surface area (Å²) in [4.78, 5) is 17.2. The van der Waals surface area contributed by atoms with E-state index in [2.05, 4.69) is 28.1 Å². The normalized spacial score (nSPS) is 14.9. The molecular weight excluding hydrogens is 362 g/mol. The first-order valence-corrected chi connectivity index (χ1v) is 9.69. The first-order chi connectivity index (χ1) is 13.1. The van der Waals surface area contributed by atoms with Crippen molar-refractivity contribution in [1.82, 2.24) is 4.90 Å². The standard InChI is InChI=1S/C21H26ClN3O2/c1-3-24-10-12-25(13-11-24)19-7-5-4-6-18(19)23-21(26)15-27-20-9-8-17(22)14-16(20)2/h4-9,14H,3,10-13,15H2,1-2H3,(H,23,26). The number of nitrogens with zero attached hydrogens (tertiary/aromatic N) is 2. The van der Waals surface area contributed by atoms with E-state index in [-0.39, 0.29) is 12.5 Å². The molecule has 0 aromatic heterocycles. The monoisotopic (exact) mass is 387 g/mol. The van der Waals surface area contributed by atoms with Crippen molar-refractivity contribution in [2.24, 2.45) is 0 Å². The fourth-order valence-electron chi connectivity index (χ4n) is 3.26. The maximum absolute atomic E-state index is 12.4. The second-order valence-corrected chi connectivity index (χ2v) is 7.12. The molecule has 1 saturated heterocycles. The summed E-state index contributed by atoms with van der Waals surface area (Å²) in [7, 11) is 0. The van der Waals surface area contributed by atoms with Gasteiger partial charge in [0.1, 0.15) is 5.75 Å². The minimum atomic E-state index is -0.177. The summed E-state index contributed by atoms with van der Waals surface area (Å²) < 4.78 is 5.65. The lowest BCUT2D eigenvalue weighted by Crippen LogP contribution is -2.46. The van der Waals surface area contributed by atoms with E-state index < -0.39 is 0 Å². The maximum Gasteiger partial charge on any atom is 0.262 e. The third-order valence-electron chi connectivity index (χ3n) is 4.83. The molecule has 1 fully saturated rings. The van der Waals surface area contributed by atoms with Crippen LogP contribution < -0.4 is 15.0 Å². The Bertz CT molecular complexity index is 789. The number of halogens is 1. The molecule has 1 aliphatic heterocycles. The molecule has 5 nitrogen and oxygen atoms in total. The number of piperazine rings is 1. The number of para-hydroxylation sites is 2. The van der Waals surface area contributed by atoms with Crippen molar-refractivity contribution in [3.05, 3.63) is 53.1 Å². The molecule has 3 rings (SSSR count). The highest BCUT2D eigenvalue weighted by Gasteiger charge is 2.19. The predicted octanol–water partition coefficient (Wildman–Crippen LogP) is 3.81. The van der Waals surface area contributed by atoms with Gasteiger partial charge in [0, 0.05) is 31.2 Å². The van der Waals surface area contributed by atoms with Gasteiger partial charge in [-0.25, -0.2) is 0 Å². The average Bonchev–Trinajstić information content (AvgIpc) is 2.68. The van der Waals surface area contributed by atoms with E-state index in [1.54, 1.807) is 12.1 Å². The van der Waals surface area contributed by atoms with Crippen LogP contribution in [0, 0.1) is 6.92 Å². The Hall–Kier alpha value is -2.24. The number of likely N-dealkylation sites (N-methyl/N-ethyl adjacent to an activating group) is 1. The number of aryl methyl sites for hydroxylation is 1. The number of nitrogens with one attached hydrogen (secondary N) is 1. The van der Waals surface area contributed by atoms with Gasteiger partial charge in [0.25, 0.3) is 5.91 Å². The van der Waals surface area contributed by atoms with Crippen LogP contribution >= 0.6 is 11.6 Å². The van der Waals surface area contributed by atoms with Gasteiger partial charge in [0.15, 0.2) is 6.61 Å². The zero-order valence-corrected chi connectivity index (χ0v) is 16.6. The summed E-state index contributed by atoms with van der Waals surface area (Å²) in [6.07, 6.45) is 0. The number of hydrogen-bond donors (Lipinski definition) is 1. The zero-order chi connectivity index (χ0) is 19.2. The SMILES string of the molecule is CCN1CCN(c2ccccc2NC(=O)COc2ccc(Cl)cc2C)CC1. The molecule has 6 heteroatoms. The topological polar surface area (TPSA) is 44.8 Å². The van der Waals surface area contributed by atoms with E-state index in [0.29, 0.717) is 10.8 Å². The number of benzene rings is 2. The molecule has 144 valence electrons. The molecule has 1 heterocycles. The van der Waals surface area contributed by atoms with Crippen LogP contribution in [0.4, 0.5) is 11.4 Å². The van der Waals surface area contributed by atoms with E-state index in [1.165, 1.54) is 0 Å². The summed E-state index contributed by atoms with van der Waals surface area (Å²) in [6.45, 7) is 9.13. The largest absolute Gasteiger partial charge is 0.483 e. The Kier molecular flexibility index (Phi) is 6.58. The van der Waals surface area contributed by atoms with Crippen LogP contribution in [0.2, 0.25) is 5.02 Å². The summed E-state index contributed by atoms with van der Waals surface area (Å²) in [6, 6.07) is 13.3. The second kappa shape index (κ2) is 9.11. The van der Waals surface area contributed by atoms with Crippen LogP contribution in [0.1, 0.15) is 12.5 Å². The molecule has 0 atom stereocenters. The molecule has 0 spiro atoms. The molecule has 1 aliphatic rings. The number of carbonyl (C=O) groups is 1. The summed E-state index contributed by atoms with van der Waals surface area (Å²) in [5.41, 5.74) is 2.79. The van der Waals surface area contributed by atoms with Crippen molar-refractivity contribution in [3.8, 4) is 5.75 Å². The van der Waals surface area contributed by atoms with Gasteiger partial charge < -0.3 is 19.9 Å². The van der Waals surface area contributed by atoms with Crippen molar-refractivity contribution in [3.63, 3.8) is 0 Å². The smallest absolute Gasteiger partial charge is 0.262 e. The number of anilines is 2. The molecule has 0 radical (unpaired) electrons. The van der Waals surface area contributed by atoms with E-state index in [0.717, 1.165) is 49.7 Å². The summed E-state index contributed by atoms with van der Waals surface area (Å²) in [5.74, 6) is 0.488. The fraction of sp³-hybridized carbons (Fsp3) is 0.381. The van der Waals surface area contributed by atoms with E-state index in [9.17, 15) is 4.79 Å². The van der Waals surface area contributed by atoms with Gasteiger partial charge in [0.2, 0.25) is 0 Å². The van der Waals surface area contributed by atoms with Crippen molar-refractivity contribution < 1.29 is 9.53 Å². The molecule has 1 N–H and O–H groups in total. The molecule has 0 unspecified atom stereocenters. The highest BCUT2D eigenvalue weighted by molar-refractivity contribution is 6.30. The zero-order valence-electron chi connectivity index (χ0n) is 15.9. The van der Waals surface area contributed by atoms with Gasteiger partial charge in [0.05, 0.1) is 11.4 Å². The lowest BCUT2D eigenvalue weighted by molar-refractivity contribution is -0.118. The number of rotatable bonds is 6. The number of hydrogen-bond acceptors (Lipinski definition) is 4. The van der Waals surface area contributed by atoms with Gasteiger partial charge in [-0.3, -0.25) is 4.79 Å². The van der Waals surface area contributed by atoms with Crippen molar-refractivity contribution >= 4 is 28.9 Å². The molecule has 2 aromatic carbocycles. The molecule has 2 aromatic rings. The van der Waals surface area contributed by atoms with Crippen molar-refractivity contribution in [2.75, 3.05) is 49.5 Å². The van der Waals surface area contributed by atoms with Crippen LogP contribution in [0.5, 0.6) is 5.75 Å². The summed E-state index contributed by atoms with van der Waals surface area (Å²) in [5, 5.41) is 3.64. The highest BCUT2D eigenvalue weighted by Crippen LogP contribution is 2.27. The molecule has 0 bridgehead atoms. The van der Waals surface area contributed by atoms with Gasteiger partial charge >= 0.3 is 0 Å². The Labute approximate surface area is 165 Å². The van der Waals surface area contributed by atoms with Crippen molar-refractivity contribution in [1.29, 1.82) is 0 Å². The van der Waals surface area contributed by atoms with Gasteiger partial charge in [-0.15, -0.1) is 0 Å². The molecule has 0 saturated carbocycles. The van der Waals surface area contributed by atoms with Crippen LogP contribution in [0.25, 0.3) is 0 Å². The third-order valence-corrected chi connectivity index (χ3v) is 5.07. The first-order valence-electron chi connectivity index (χ1n) is 9.32. The van der Waals surface area contributed by atoms with E-state index in [4.69, 9.17) is 16.3 Å². The van der Waals surface area contributed by atoms with E-state index >= 15 is 0 Å². The Morgan fingerprint density at radius 3 is 2.59 bits per heavy atom. The maximum atomic E-state index is 12.4. The number of amides is 1. The molecule has 0 aliphatic carbocycles. The fourth-order valence-corrected chi connectivity index (χ4v) is 3.49. The van der Waals surface area contributed by atoms with Gasteiger partial charge in [-0.05, 0) is 49.4 Å². The van der Waals surface area contributed by atoms with E-state index in [1.807, 2.05) is 31.2 Å². The summed E-state index contributed by atoms with van der Waals surface area (Å²) >= 11 is 5.95. The number of carbonyl (C=O) groups excluding carboxylic acids is 1. The van der Waals surface area contributed by atoms with Crippen LogP contribution in [0.15, 0.2) is 42.5 Å². The Morgan fingerprint density at radius 1 is 1.15 bits per heavy atom. The van der Waals surface area contributed by atoms with Crippen molar-refractivity contribution in [2.45, 2.75) is 13.8 Å². The van der Waals surface area contributed by atoms with Gasteiger partial charge in [-0.2, -0.15) is 0 Å². The minimum absolute atomic E-state index is 0.0413. The average molecular weight is 388 g/mol. The van der Waals surface area contributed by atoms with Crippen LogP contribution in [0.3, 0.4) is 0 Å². The molecule has 1 amide bonds. The van der Waals surface area contributed by atoms with Crippen LogP contribution in [-0.2, 0) is 4.79 Å². The van der Waals surface area contributed by atoms with Crippen LogP contribution in [-0.4, -0.2) is 50.1 Å². The predicted molar refractivity (Wildman–Crippen MR) is 111 cm³/mol. The third kappa shape index (κ3) is 5.15. The molecule has 27 heavy (non-hydrogen) atoms. The number of ether oxygens (including phenoxy) is 1. The Balaban J connectivity index is 1.61. The molecular formula is C21H26ClN3O2. The van der Waals surface area contributed by atoms with Gasteiger partial charge in [-0.1, -0.05) is 30.7 Å².